The van der Waals surface area contributed by atoms with E-state index in [4.69, 9.17) is 0 Å². The van der Waals surface area contributed by atoms with E-state index in [0.717, 1.165) is 32.8 Å². The summed E-state index contributed by atoms with van der Waals surface area (Å²) in [6.07, 6.45) is 1.12. The van der Waals surface area contributed by atoms with Crippen LogP contribution in [0.1, 0.15) is 42.1 Å². The first-order valence-electron chi connectivity index (χ1n) is 8.94. The Morgan fingerprint density at radius 3 is 2.07 bits per heavy atom. The minimum atomic E-state index is -3.62. The smallest absolute Gasteiger partial charge is 0.244 e. The summed E-state index contributed by atoms with van der Waals surface area (Å²) in [5, 5.41) is 2.95. The summed E-state index contributed by atoms with van der Waals surface area (Å²) in [6, 6.07) is 12.1. The third kappa shape index (κ3) is 5.10. The molecule has 2 atom stereocenters. The number of benzene rings is 2. The van der Waals surface area contributed by atoms with Crippen molar-refractivity contribution in [1.82, 2.24) is 5.32 Å². The molecule has 2 aromatic rings. The summed E-state index contributed by atoms with van der Waals surface area (Å²) in [5.74, 6) is -0.339. The molecule has 6 heteroatoms. The van der Waals surface area contributed by atoms with Crippen LogP contribution in [-0.4, -0.2) is 26.6 Å². The second-order valence-corrected chi connectivity index (χ2v) is 9.02. The first kappa shape index (κ1) is 21.0. The lowest BCUT2D eigenvalue weighted by molar-refractivity contribution is -0.122. The molecule has 5 nitrogen and oxygen atoms in total. The summed E-state index contributed by atoms with van der Waals surface area (Å²) < 4.78 is 25.9. The molecule has 0 saturated heterocycles. The quantitative estimate of drug-likeness (QED) is 0.821. The number of nitrogens with zero attached hydrogens (tertiary/aromatic N) is 1. The van der Waals surface area contributed by atoms with Crippen molar-refractivity contribution < 1.29 is 13.2 Å². The molecule has 0 aliphatic heterocycles. The summed E-state index contributed by atoms with van der Waals surface area (Å²) in [7, 11) is -3.62. The monoisotopic (exact) mass is 388 g/mol. The molecule has 0 unspecified atom stereocenters. The lowest BCUT2D eigenvalue weighted by Crippen LogP contribution is -2.48. The molecule has 0 heterocycles. The van der Waals surface area contributed by atoms with Gasteiger partial charge in [-0.05, 0) is 57.9 Å². The van der Waals surface area contributed by atoms with E-state index in [1.807, 2.05) is 58.0 Å². The zero-order valence-corrected chi connectivity index (χ0v) is 17.6. The molecule has 27 heavy (non-hydrogen) atoms. The molecule has 0 spiro atoms. The van der Waals surface area contributed by atoms with Crippen molar-refractivity contribution in [3.63, 3.8) is 0 Å². The van der Waals surface area contributed by atoms with Crippen molar-refractivity contribution in [3.05, 3.63) is 64.7 Å². The molecular formula is C21H28N2O3S. The molecule has 0 aliphatic rings. The Labute approximate surface area is 162 Å². The van der Waals surface area contributed by atoms with Gasteiger partial charge in [0.25, 0.3) is 0 Å². The summed E-state index contributed by atoms with van der Waals surface area (Å²) in [5.41, 5.74) is 4.72. The van der Waals surface area contributed by atoms with E-state index in [9.17, 15) is 13.2 Å². The first-order chi connectivity index (χ1) is 12.5. The molecule has 0 radical (unpaired) electrons. The fourth-order valence-electron chi connectivity index (χ4n) is 3.14. The van der Waals surface area contributed by atoms with Crippen LogP contribution in [0.25, 0.3) is 0 Å². The van der Waals surface area contributed by atoms with Crippen LogP contribution < -0.4 is 9.62 Å². The molecule has 0 aliphatic carbocycles. The summed E-state index contributed by atoms with van der Waals surface area (Å²) in [4.78, 5) is 12.8. The van der Waals surface area contributed by atoms with Gasteiger partial charge < -0.3 is 5.32 Å². The maximum absolute atomic E-state index is 12.8. The molecule has 0 bridgehead atoms. The number of aryl methyl sites for hydroxylation is 3. The van der Waals surface area contributed by atoms with E-state index >= 15 is 0 Å². The number of nitrogens with one attached hydrogen (secondary N) is 1. The molecule has 146 valence electrons. The van der Waals surface area contributed by atoms with E-state index in [-0.39, 0.29) is 11.9 Å². The predicted molar refractivity (Wildman–Crippen MR) is 110 cm³/mol. The fraction of sp³-hybridized carbons (Fsp3) is 0.381. The predicted octanol–water partition coefficient (Wildman–Crippen LogP) is 3.64. The van der Waals surface area contributed by atoms with E-state index in [0.29, 0.717) is 5.69 Å². The lowest BCUT2D eigenvalue weighted by Gasteiger charge is -2.29. The number of sulfonamides is 1. The molecule has 1 N–H and O–H groups in total. The van der Waals surface area contributed by atoms with Gasteiger partial charge in [0, 0.05) is 0 Å². The lowest BCUT2D eigenvalue weighted by atomic mass is 10.00. The van der Waals surface area contributed by atoms with Crippen molar-refractivity contribution in [2.24, 2.45) is 0 Å². The SMILES string of the molecule is Cc1ccc(N([C@H](C)C(=O)N[C@H](C)c2cc(C)ccc2C)S(C)(=O)=O)cc1. The number of anilines is 1. The average Bonchev–Trinajstić information content (AvgIpc) is 2.57. The van der Waals surface area contributed by atoms with Gasteiger partial charge in [-0.1, -0.05) is 41.5 Å². The second-order valence-electron chi connectivity index (χ2n) is 7.16. The van der Waals surface area contributed by atoms with Crippen LogP contribution in [0.15, 0.2) is 42.5 Å². The summed E-state index contributed by atoms with van der Waals surface area (Å²) in [6.45, 7) is 9.44. The second kappa shape index (κ2) is 8.13. The zero-order chi connectivity index (χ0) is 20.4. The van der Waals surface area contributed by atoms with E-state index in [2.05, 4.69) is 5.32 Å². The molecular weight excluding hydrogens is 360 g/mol. The Balaban J connectivity index is 2.27. The highest BCUT2D eigenvalue weighted by Gasteiger charge is 2.30. The van der Waals surface area contributed by atoms with Gasteiger partial charge in [-0.15, -0.1) is 0 Å². The highest BCUT2D eigenvalue weighted by molar-refractivity contribution is 7.92. The Morgan fingerprint density at radius 1 is 0.963 bits per heavy atom. The van der Waals surface area contributed by atoms with Gasteiger partial charge in [0.1, 0.15) is 6.04 Å². The van der Waals surface area contributed by atoms with Gasteiger partial charge in [-0.2, -0.15) is 0 Å². The Kier molecular flexibility index (Phi) is 6.31. The third-order valence-electron chi connectivity index (χ3n) is 4.64. The number of amides is 1. The Hall–Kier alpha value is -2.34. The van der Waals surface area contributed by atoms with Gasteiger partial charge in [0.05, 0.1) is 18.0 Å². The van der Waals surface area contributed by atoms with Crippen LogP contribution in [0.5, 0.6) is 0 Å². The van der Waals surface area contributed by atoms with Crippen molar-refractivity contribution in [1.29, 1.82) is 0 Å². The van der Waals surface area contributed by atoms with Crippen LogP contribution in [0.4, 0.5) is 5.69 Å². The normalized spacial score (nSPS) is 13.7. The molecule has 0 fully saturated rings. The van der Waals surface area contributed by atoms with E-state index in [1.54, 1.807) is 19.1 Å². The van der Waals surface area contributed by atoms with Crippen LogP contribution in [-0.2, 0) is 14.8 Å². The van der Waals surface area contributed by atoms with Crippen LogP contribution in [0.3, 0.4) is 0 Å². The average molecular weight is 389 g/mol. The molecule has 0 aromatic heterocycles. The van der Waals surface area contributed by atoms with Gasteiger partial charge in [-0.3, -0.25) is 9.10 Å². The van der Waals surface area contributed by atoms with Gasteiger partial charge in [-0.25, -0.2) is 8.42 Å². The summed E-state index contributed by atoms with van der Waals surface area (Å²) >= 11 is 0. The highest BCUT2D eigenvalue weighted by Crippen LogP contribution is 2.23. The van der Waals surface area contributed by atoms with Gasteiger partial charge >= 0.3 is 0 Å². The third-order valence-corrected chi connectivity index (χ3v) is 5.88. The molecule has 2 rings (SSSR count). The van der Waals surface area contributed by atoms with Crippen molar-refractivity contribution in [2.45, 2.75) is 46.7 Å². The molecule has 1 amide bonds. The zero-order valence-electron chi connectivity index (χ0n) is 16.8. The van der Waals surface area contributed by atoms with Crippen molar-refractivity contribution in [2.75, 3.05) is 10.6 Å². The van der Waals surface area contributed by atoms with Crippen LogP contribution >= 0.6 is 0 Å². The number of hydrogen-bond donors (Lipinski definition) is 1. The topological polar surface area (TPSA) is 66.5 Å². The largest absolute Gasteiger partial charge is 0.348 e. The van der Waals surface area contributed by atoms with Crippen LogP contribution in [0, 0.1) is 20.8 Å². The Bertz CT molecular complexity index is 921. The molecule has 0 saturated carbocycles. The molecule has 2 aromatic carbocycles. The van der Waals surface area contributed by atoms with Crippen LogP contribution in [0.2, 0.25) is 0 Å². The first-order valence-corrected chi connectivity index (χ1v) is 10.8. The Morgan fingerprint density at radius 2 is 1.52 bits per heavy atom. The highest BCUT2D eigenvalue weighted by atomic mass is 32.2. The number of hydrogen-bond acceptors (Lipinski definition) is 3. The van der Waals surface area contributed by atoms with E-state index < -0.39 is 16.1 Å². The number of carbonyl (C=O) groups is 1. The van der Waals surface area contributed by atoms with Gasteiger partial charge in [0.2, 0.25) is 15.9 Å². The number of rotatable bonds is 6. The van der Waals surface area contributed by atoms with E-state index in [1.165, 1.54) is 0 Å². The maximum Gasteiger partial charge on any atom is 0.244 e. The fourth-order valence-corrected chi connectivity index (χ4v) is 4.31. The van der Waals surface area contributed by atoms with Crippen molar-refractivity contribution in [3.8, 4) is 0 Å². The maximum atomic E-state index is 12.8. The van der Waals surface area contributed by atoms with Crippen molar-refractivity contribution >= 4 is 21.6 Å². The van der Waals surface area contributed by atoms with Gasteiger partial charge in [0.15, 0.2) is 0 Å². The minimum absolute atomic E-state index is 0.223. The minimum Gasteiger partial charge on any atom is -0.348 e. The number of carbonyl (C=O) groups excluding carboxylic acids is 1. The standard InChI is InChI=1S/C21H28N2O3S/c1-14-8-11-19(12-9-14)23(27(6,25)26)18(5)21(24)22-17(4)20-13-15(2)7-10-16(20)3/h7-13,17-18H,1-6H3,(H,22,24)/t17-,18-/m1/s1.